The molecule has 0 N–H and O–H groups in total. The predicted octanol–water partition coefficient (Wildman–Crippen LogP) is 16.8. The highest BCUT2D eigenvalue weighted by Gasteiger charge is 2.39. The minimum absolute atomic E-state index is 0.236. The van der Waals surface area contributed by atoms with Crippen molar-refractivity contribution in [3.05, 3.63) is 234 Å². The molecule has 0 spiro atoms. The van der Waals surface area contributed by atoms with Crippen molar-refractivity contribution >= 4 is 92.9 Å². The summed E-state index contributed by atoms with van der Waals surface area (Å²) in [6.45, 7) is 14.3. The van der Waals surface area contributed by atoms with Crippen LogP contribution in [0.5, 0.6) is 0 Å². The first kappa shape index (κ1) is 39.4. The van der Waals surface area contributed by atoms with Gasteiger partial charge >= 0.3 is 0 Å². The number of rotatable bonds is 4. The van der Waals surface area contributed by atoms with Crippen molar-refractivity contribution in [1.29, 1.82) is 5.26 Å². The second kappa shape index (κ2) is 14.2. The van der Waals surface area contributed by atoms with E-state index >= 15 is 0 Å². The molecule has 0 aliphatic heterocycles. The molecule has 1 aliphatic carbocycles. The van der Waals surface area contributed by atoms with Crippen LogP contribution in [0, 0.1) is 17.9 Å². The molecule has 0 saturated heterocycles. The number of para-hydroxylation sites is 7. The van der Waals surface area contributed by atoms with Crippen molar-refractivity contribution in [3.8, 4) is 39.9 Å². The van der Waals surface area contributed by atoms with Crippen LogP contribution < -0.4 is 0 Å². The van der Waals surface area contributed by atoms with Crippen LogP contribution in [0.1, 0.15) is 30.5 Å². The summed E-state index contributed by atoms with van der Waals surface area (Å²) in [5.41, 5.74) is 15.8. The minimum atomic E-state index is -0.236. The topological polar surface area (TPSA) is 47.9 Å². The molecule has 6 heteroatoms. The molecule has 0 saturated carbocycles. The summed E-state index contributed by atoms with van der Waals surface area (Å²) in [4.78, 5) is 4.72. The summed E-state index contributed by atoms with van der Waals surface area (Å²) in [5.74, 6) is 0. The van der Waals surface area contributed by atoms with Crippen molar-refractivity contribution < 1.29 is 0 Å². The van der Waals surface area contributed by atoms with Gasteiger partial charge < -0.3 is 18.3 Å². The summed E-state index contributed by atoms with van der Waals surface area (Å²) in [7, 11) is 0. The van der Waals surface area contributed by atoms with Crippen LogP contribution in [0.15, 0.2) is 206 Å². The van der Waals surface area contributed by atoms with Gasteiger partial charge in [-0.3, -0.25) is 0 Å². The van der Waals surface area contributed by atoms with Crippen molar-refractivity contribution in [1.82, 2.24) is 18.3 Å². The summed E-state index contributed by atoms with van der Waals surface area (Å²) >= 11 is 0. The Morgan fingerprint density at radius 3 is 1.20 bits per heavy atom. The number of hydrogen-bond acceptors (Lipinski definition) is 1. The SMILES string of the molecule is [C-]#[N+]c1c(-n2c3ccccc3c3ccccc32)c(C#N)c(-n2c3ccccc3c3c4c(ccc32)C(C)(C)c2ccccc2-4)c(-n2c3ccccc3c3ccccc32)c1-n1c2ccccc2c2ccccc21. The molecule has 10 aromatic carbocycles. The third kappa shape index (κ3) is 4.98. The van der Waals surface area contributed by atoms with Crippen molar-refractivity contribution in [2.24, 2.45) is 0 Å². The van der Waals surface area contributed by atoms with E-state index in [1.807, 2.05) is 0 Å². The van der Waals surface area contributed by atoms with Crippen LogP contribution >= 0.6 is 0 Å². The van der Waals surface area contributed by atoms with E-state index in [-0.39, 0.29) is 5.41 Å². The molecule has 1 aliphatic rings. The molecule has 4 aromatic heterocycles. The fourth-order valence-corrected chi connectivity index (χ4v) is 12.7. The van der Waals surface area contributed by atoms with Gasteiger partial charge in [0.25, 0.3) is 0 Å². The minimum Gasteiger partial charge on any atom is -0.318 e. The Hall–Kier alpha value is -9.62. The van der Waals surface area contributed by atoms with E-state index in [1.165, 1.54) is 22.3 Å². The molecule has 4 heterocycles. The first-order valence-electron chi connectivity index (χ1n) is 24.1. The van der Waals surface area contributed by atoms with Crippen LogP contribution in [-0.2, 0) is 5.41 Å². The molecule has 15 rings (SSSR count). The average molecular weight is 905 g/mol. The first-order valence-corrected chi connectivity index (χ1v) is 24.1. The van der Waals surface area contributed by atoms with Crippen LogP contribution in [-0.4, -0.2) is 18.3 Å². The Kier molecular flexibility index (Phi) is 7.88. The summed E-state index contributed by atoms with van der Waals surface area (Å²) in [5, 5.41) is 21.1. The highest BCUT2D eigenvalue weighted by Crippen LogP contribution is 2.56. The molecule has 0 bridgehead atoms. The van der Waals surface area contributed by atoms with Crippen LogP contribution in [0.2, 0.25) is 0 Å². The number of benzene rings is 10. The predicted molar refractivity (Wildman–Crippen MR) is 292 cm³/mol. The molecule has 0 atom stereocenters. The zero-order valence-corrected chi connectivity index (χ0v) is 38.8. The average Bonchev–Trinajstić information content (AvgIpc) is 4.19. The molecule has 0 amide bonds. The molecule has 6 nitrogen and oxygen atoms in total. The maximum Gasteiger partial charge on any atom is 0.237 e. The lowest BCUT2D eigenvalue weighted by Crippen LogP contribution is -2.15. The maximum atomic E-state index is 12.5. The van der Waals surface area contributed by atoms with Gasteiger partial charge in [0.05, 0.1) is 79.0 Å². The second-order valence-corrected chi connectivity index (χ2v) is 19.4. The molecular formula is C65H40N6. The molecule has 0 radical (unpaired) electrons. The molecule has 330 valence electrons. The molecule has 0 unspecified atom stereocenters. The highest BCUT2D eigenvalue weighted by molar-refractivity contribution is 6.20. The monoisotopic (exact) mass is 904 g/mol. The van der Waals surface area contributed by atoms with E-state index in [0.29, 0.717) is 28.3 Å². The Morgan fingerprint density at radius 1 is 0.380 bits per heavy atom. The zero-order chi connectivity index (χ0) is 47.3. The van der Waals surface area contributed by atoms with E-state index in [1.54, 1.807) is 0 Å². The van der Waals surface area contributed by atoms with Gasteiger partial charge in [-0.25, -0.2) is 4.85 Å². The summed E-state index contributed by atoms with van der Waals surface area (Å²) in [6, 6.07) is 75.9. The van der Waals surface area contributed by atoms with E-state index < -0.39 is 0 Å². The van der Waals surface area contributed by atoms with E-state index in [4.69, 9.17) is 4.85 Å². The quantitative estimate of drug-likeness (QED) is 0.162. The third-order valence-electron chi connectivity index (χ3n) is 15.6. The van der Waals surface area contributed by atoms with Gasteiger partial charge in [0, 0.05) is 48.5 Å². The number of nitrogens with zero attached hydrogens (tertiary/aromatic N) is 6. The third-order valence-corrected chi connectivity index (χ3v) is 15.6. The number of fused-ring (bicyclic) bond motifs is 16. The standard InChI is InChI=1S/C65H40N6/c1-65(2)48-28-12-4-26-45(48)58-49(65)36-37-57-59(58)46-27-11-19-35-56(46)71(57)62-47(38-66)61(68-50-29-13-5-20-39(50)40-21-6-14-30-51(40)68)60(67-3)63(69-52-31-15-7-22-41(52)42-23-8-16-32-53(42)69)64(62)70-54-33-17-9-24-43(54)44-25-10-18-34-55(44)70/h4-37H,1-2H3. The van der Waals surface area contributed by atoms with Gasteiger partial charge in [0.2, 0.25) is 5.69 Å². The Bertz CT molecular complexity index is 4600. The van der Waals surface area contributed by atoms with E-state index in [2.05, 4.69) is 244 Å². The van der Waals surface area contributed by atoms with Gasteiger partial charge in [-0.15, -0.1) is 0 Å². The lowest BCUT2D eigenvalue weighted by molar-refractivity contribution is 0.661. The Labute approximate surface area is 408 Å². The van der Waals surface area contributed by atoms with Crippen molar-refractivity contribution in [2.45, 2.75) is 19.3 Å². The lowest BCUT2D eigenvalue weighted by atomic mass is 9.82. The van der Waals surface area contributed by atoms with Crippen molar-refractivity contribution in [3.63, 3.8) is 0 Å². The fraction of sp³-hybridized carbons (Fsp3) is 0.0462. The van der Waals surface area contributed by atoms with Crippen LogP contribution in [0.4, 0.5) is 5.69 Å². The van der Waals surface area contributed by atoms with Crippen LogP contribution in [0.3, 0.4) is 0 Å². The Balaban J connectivity index is 1.28. The second-order valence-electron chi connectivity index (χ2n) is 19.4. The fourth-order valence-electron chi connectivity index (χ4n) is 12.7. The number of hydrogen-bond donors (Lipinski definition) is 0. The van der Waals surface area contributed by atoms with Gasteiger partial charge in [-0.05, 0) is 70.8 Å². The maximum absolute atomic E-state index is 12.5. The Morgan fingerprint density at radius 2 is 0.746 bits per heavy atom. The summed E-state index contributed by atoms with van der Waals surface area (Å²) in [6.07, 6.45) is 0. The number of nitriles is 1. The smallest absolute Gasteiger partial charge is 0.237 e. The zero-order valence-electron chi connectivity index (χ0n) is 38.8. The summed E-state index contributed by atoms with van der Waals surface area (Å²) < 4.78 is 9.20. The number of aromatic nitrogens is 4. The molecule has 0 fully saturated rings. The van der Waals surface area contributed by atoms with E-state index in [0.717, 1.165) is 92.9 Å². The van der Waals surface area contributed by atoms with E-state index in [9.17, 15) is 11.8 Å². The highest BCUT2D eigenvalue weighted by atomic mass is 15.1. The van der Waals surface area contributed by atoms with Crippen LogP contribution in [0.25, 0.3) is 126 Å². The normalized spacial score (nSPS) is 13.0. The molecule has 71 heavy (non-hydrogen) atoms. The van der Waals surface area contributed by atoms with Gasteiger partial charge in [-0.2, -0.15) is 5.26 Å². The van der Waals surface area contributed by atoms with Gasteiger partial charge in [-0.1, -0.05) is 172 Å². The largest absolute Gasteiger partial charge is 0.318 e. The van der Waals surface area contributed by atoms with Crippen molar-refractivity contribution in [2.75, 3.05) is 0 Å². The van der Waals surface area contributed by atoms with Gasteiger partial charge in [0.1, 0.15) is 6.07 Å². The first-order chi connectivity index (χ1) is 35.0. The lowest BCUT2D eigenvalue weighted by Gasteiger charge is -2.27. The van der Waals surface area contributed by atoms with Gasteiger partial charge in [0.15, 0.2) is 0 Å². The molecular weight excluding hydrogens is 865 g/mol. The molecule has 14 aromatic rings.